The number of anilines is 1. The van der Waals surface area contributed by atoms with E-state index in [1.165, 1.54) is 43.3 Å². The molecule has 0 bridgehead atoms. The molecule has 13 heteroatoms. The molecule has 0 amide bonds. The Morgan fingerprint density at radius 2 is 1.78 bits per heavy atom. The van der Waals surface area contributed by atoms with E-state index in [-0.39, 0.29) is 23.9 Å². The summed E-state index contributed by atoms with van der Waals surface area (Å²) in [5.74, 6) is -2.51. The number of aromatic nitrogens is 3. The first kappa shape index (κ1) is 25.0. The SMILES string of the molecule is COCCOc1cnc2ccc(-c3cnc(OC)c(NS(=O)(=O)c4ccc(F)c(F)c4)c3)cn2c1=O. The third-order valence-corrected chi connectivity index (χ3v) is 6.40. The summed E-state index contributed by atoms with van der Waals surface area (Å²) in [6, 6.07) is 6.91. The second-order valence-electron chi connectivity index (χ2n) is 7.38. The predicted octanol–water partition coefficient (Wildman–Crippen LogP) is 2.87. The Morgan fingerprint density at radius 1 is 0.972 bits per heavy atom. The molecule has 0 aliphatic heterocycles. The first-order chi connectivity index (χ1) is 17.2. The summed E-state index contributed by atoms with van der Waals surface area (Å²) in [5.41, 5.74) is 0.798. The number of benzene rings is 1. The van der Waals surface area contributed by atoms with Crippen molar-refractivity contribution in [2.75, 3.05) is 32.2 Å². The van der Waals surface area contributed by atoms with Gasteiger partial charge in [0.2, 0.25) is 11.6 Å². The van der Waals surface area contributed by atoms with Crippen molar-refractivity contribution in [3.63, 3.8) is 0 Å². The van der Waals surface area contributed by atoms with Crippen LogP contribution in [0.2, 0.25) is 0 Å². The molecule has 3 aromatic heterocycles. The van der Waals surface area contributed by atoms with Crippen LogP contribution in [0.15, 0.2) is 64.7 Å². The molecule has 188 valence electrons. The fourth-order valence-electron chi connectivity index (χ4n) is 3.26. The molecule has 1 N–H and O–H groups in total. The molecule has 0 saturated heterocycles. The zero-order chi connectivity index (χ0) is 25.9. The normalized spacial score (nSPS) is 11.4. The van der Waals surface area contributed by atoms with Crippen molar-refractivity contribution in [3.8, 4) is 22.8 Å². The van der Waals surface area contributed by atoms with Gasteiger partial charge in [-0.25, -0.2) is 27.2 Å². The van der Waals surface area contributed by atoms with Crippen molar-refractivity contribution < 1.29 is 31.4 Å². The van der Waals surface area contributed by atoms with Gasteiger partial charge in [0, 0.05) is 30.6 Å². The first-order valence-corrected chi connectivity index (χ1v) is 11.9. The average Bonchev–Trinajstić information content (AvgIpc) is 2.86. The van der Waals surface area contributed by atoms with Gasteiger partial charge in [0.25, 0.3) is 15.6 Å². The highest BCUT2D eigenvalue weighted by atomic mass is 32.2. The maximum atomic E-state index is 13.6. The van der Waals surface area contributed by atoms with Crippen LogP contribution in [-0.4, -0.2) is 50.2 Å². The fourth-order valence-corrected chi connectivity index (χ4v) is 4.32. The Balaban J connectivity index is 1.72. The van der Waals surface area contributed by atoms with Crippen LogP contribution in [0.1, 0.15) is 0 Å². The largest absolute Gasteiger partial charge is 0.484 e. The van der Waals surface area contributed by atoms with Gasteiger partial charge in [-0.2, -0.15) is 0 Å². The fraction of sp³-hybridized carbons (Fsp3) is 0.174. The van der Waals surface area contributed by atoms with E-state index in [1.54, 1.807) is 12.1 Å². The van der Waals surface area contributed by atoms with Gasteiger partial charge < -0.3 is 14.2 Å². The molecule has 1 aromatic carbocycles. The molecule has 10 nitrogen and oxygen atoms in total. The number of nitrogens with zero attached hydrogens (tertiary/aromatic N) is 3. The van der Waals surface area contributed by atoms with Crippen LogP contribution in [0.3, 0.4) is 0 Å². The lowest BCUT2D eigenvalue weighted by Gasteiger charge is -2.13. The van der Waals surface area contributed by atoms with E-state index in [4.69, 9.17) is 14.2 Å². The maximum Gasteiger partial charge on any atom is 0.300 e. The number of sulfonamides is 1. The third-order valence-electron chi connectivity index (χ3n) is 5.04. The number of rotatable bonds is 9. The van der Waals surface area contributed by atoms with Crippen LogP contribution in [0.5, 0.6) is 11.6 Å². The molecule has 36 heavy (non-hydrogen) atoms. The van der Waals surface area contributed by atoms with Gasteiger partial charge in [0.15, 0.2) is 11.6 Å². The van der Waals surface area contributed by atoms with Gasteiger partial charge in [-0.1, -0.05) is 0 Å². The number of halogens is 2. The lowest BCUT2D eigenvalue weighted by atomic mass is 10.1. The Bertz CT molecular complexity index is 1590. The number of ether oxygens (including phenoxy) is 3. The Morgan fingerprint density at radius 3 is 2.50 bits per heavy atom. The molecule has 4 rings (SSSR count). The molecule has 3 heterocycles. The number of pyridine rings is 2. The van der Waals surface area contributed by atoms with Crippen molar-refractivity contribution in [1.82, 2.24) is 14.4 Å². The van der Waals surface area contributed by atoms with E-state index < -0.39 is 32.1 Å². The lowest BCUT2D eigenvalue weighted by Crippen LogP contribution is -2.19. The monoisotopic (exact) mass is 518 g/mol. The minimum absolute atomic E-state index is 0.0366. The van der Waals surface area contributed by atoms with Crippen molar-refractivity contribution in [2.24, 2.45) is 0 Å². The third kappa shape index (κ3) is 5.11. The molecule has 0 unspecified atom stereocenters. The number of hydrogen-bond donors (Lipinski definition) is 1. The number of hydrogen-bond acceptors (Lipinski definition) is 8. The number of methoxy groups -OCH3 is 2. The quantitative estimate of drug-likeness (QED) is 0.336. The number of nitrogens with one attached hydrogen (secondary N) is 1. The smallest absolute Gasteiger partial charge is 0.300 e. The van der Waals surface area contributed by atoms with Crippen LogP contribution < -0.4 is 19.8 Å². The van der Waals surface area contributed by atoms with Crippen molar-refractivity contribution in [2.45, 2.75) is 4.90 Å². The zero-order valence-electron chi connectivity index (χ0n) is 19.1. The zero-order valence-corrected chi connectivity index (χ0v) is 19.9. The summed E-state index contributed by atoms with van der Waals surface area (Å²) >= 11 is 0. The summed E-state index contributed by atoms with van der Waals surface area (Å²) in [6.07, 6.45) is 4.25. The van der Waals surface area contributed by atoms with Crippen LogP contribution in [0.4, 0.5) is 14.5 Å². The van der Waals surface area contributed by atoms with Crippen LogP contribution in [0, 0.1) is 11.6 Å². The van der Waals surface area contributed by atoms with Crippen LogP contribution in [0.25, 0.3) is 16.8 Å². The first-order valence-electron chi connectivity index (χ1n) is 10.4. The molecule has 0 radical (unpaired) electrons. The maximum absolute atomic E-state index is 13.6. The Kier molecular flexibility index (Phi) is 7.12. The summed E-state index contributed by atoms with van der Waals surface area (Å²) in [4.78, 5) is 20.7. The van der Waals surface area contributed by atoms with Crippen molar-refractivity contribution >= 4 is 21.4 Å². The van der Waals surface area contributed by atoms with Crippen LogP contribution in [-0.2, 0) is 14.8 Å². The molecular formula is C23H20F2N4O6S. The van der Waals surface area contributed by atoms with E-state index in [9.17, 15) is 22.0 Å². The Labute approximate surface area is 204 Å². The highest BCUT2D eigenvalue weighted by molar-refractivity contribution is 7.92. The molecule has 0 saturated carbocycles. The lowest BCUT2D eigenvalue weighted by molar-refractivity contribution is 0.145. The van der Waals surface area contributed by atoms with Crippen molar-refractivity contribution in [3.05, 3.63) is 77.0 Å². The molecule has 0 spiro atoms. The standard InChI is InChI=1S/C23H20F2N4O6S/c1-33-7-8-35-20-12-26-21-6-3-14(13-29(21)23(20)30)15-9-19(22(34-2)27-11-15)28-36(31,32)16-4-5-17(24)18(25)10-16/h3-6,9-13,28H,7-8H2,1-2H3. The van der Waals surface area contributed by atoms with Gasteiger partial charge in [0.1, 0.15) is 17.9 Å². The van der Waals surface area contributed by atoms with Gasteiger partial charge in [-0.15, -0.1) is 0 Å². The van der Waals surface area contributed by atoms with Crippen molar-refractivity contribution in [1.29, 1.82) is 0 Å². The Hall–Kier alpha value is -4.10. The second-order valence-corrected chi connectivity index (χ2v) is 9.06. The highest BCUT2D eigenvalue weighted by Crippen LogP contribution is 2.30. The predicted molar refractivity (Wildman–Crippen MR) is 126 cm³/mol. The summed E-state index contributed by atoms with van der Waals surface area (Å²) in [6.45, 7) is 0.464. The van der Waals surface area contributed by atoms with Gasteiger partial charge in [0.05, 0.1) is 24.8 Å². The topological polar surface area (TPSA) is 121 Å². The highest BCUT2D eigenvalue weighted by Gasteiger charge is 2.20. The van der Waals surface area contributed by atoms with Crippen LogP contribution >= 0.6 is 0 Å². The summed E-state index contributed by atoms with van der Waals surface area (Å²) < 4.78 is 71.5. The molecule has 0 fully saturated rings. The van der Waals surface area contributed by atoms with E-state index in [2.05, 4.69) is 14.7 Å². The molecule has 4 aromatic rings. The summed E-state index contributed by atoms with van der Waals surface area (Å²) in [5, 5.41) is 0. The second kappa shape index (κ2) is 10.3. The average molecular weight is 518 g/mol. The van der Waals surface area contributed by atoms with E-state index >= 15 is 0 Å². The molecule has 0 aliphatic carbocycles. The van der Waals surface area contributed by atoms with E-state index in [1.807, 2.05) is 0 Å². The van der Waals surface area contributed by atoms with Gasteiger partial charge >= 0.3 is 0 Å². The molecular weight excluding hydrogens is 498 g/mol. The van der Waals surface area contributed by atoms with E-state index in [0.29, 0.717) is 35.5 Å². The molecule has 0 atom stereocenters. The van der Waals surface area contributed by atoms with Gasteiger partial charge in [-0.05, 0) is 36.4 Å². The number of fused-ring (bicyclic) bond motifs is 1. The molecule has 0 aliphatic rings. The summed E-state index contributed by atoms with van der Waals surface area (Å²) in [7, 11) is -1.51. The minimum Gasteiger partial charge on any atom is -0.484 e. The van der Waals surface area contributed by atoms with Gasteiger partial charge in [-0.3, -0.25) is 13.9 Å². The minimum atomic E-state index is -4.31. The van der Waals surface area contributed by atoms with E-state index in [0.717, 1.165) is 6.07 Å².